The summed E-state index contributed by atoms with van der Waals surface area (Å²) in [6.45, 7) is 3.18. The number of ether oxygens (including phenoxy) is 2. The van der Waals surface area contributed by atoms with Gasteiger partial charge in [0.05, 0.1) is 12.7 Å². The molecule has 0 unspecified atom stereocenters. The van der Waals surface area contributed by atoms with E-state index < -0.39 is 32.5 Å². The normalized spacial score (nSPS) is 13.7. The number of carbonyl (C=O) groups excluding carboxylic acids is 2. The summed E-state index contributed by atoms with van der Waals surface area (Å²) in [6.07, 6.45) is 45.0. The largest absolute Gasteiger partial charge is 0.469 e. The molecule has 0 saturated heterocycles. The number of allylic oxidation sites excluding steroid dienone is 10. The molecule has 10 heteroatoms. The van der Waals surface area contributed by atoms with Gasteiger partial charge in [-0.1, -0.05) is 132 Å². The highest BCUT2D eigenvalue weighted by Crippen LogP contribution is 2.36. The van der Waals surface area contributed by atoms with Crippen molar-refractivity contribution in [1.82, 2.24) is 0 Å². The molecule has 0 aliphatic rings. The SMILES string of the molecule is CCCCCCCC/C=C\CCCCCCCCCC(=O)OC[C@H](COP(=O)(O)O)OC(=O)CCC/C=C\C/C=C\C/C=C\C/C=C\CCC[C@H](C)O. The minimum absolute atomic E-state index is 0.121. The van der Waals surface area contributed by atoms with Gasteiger partial charge in [-0.15, -0.1) is 0 Å². The van der Waals surface area contributed by atoms with Crippen molar-refractivity contribution in [2.24, 2.45) is 0 Å². The Labute approximate surface area is 322 Å². The lowest BCUT2D eigenvalue weighted by Crippen LogP contribution is -2.29. The Hall–Kier alpha value is -2.29. The molecule has 0 spiro atoms. The number of phosphoric acid groups is 1. The Morgan fingerprint density at radius 1 is 0.566 bits per heavy atom. The van der Waals surface area contributed by atoms with Crippen LogP contribution in [0.15, 0.2) is 60.8 Å². The molecule has 3 N–H and O–H groups in total. The van der Waals surface area contributed by atoms with E-state index in [9.17, 15) is 19.3 Å². The number of hydrogen-bond acceptors (Lipinski definition) is 7. The summed E-state index contributed by atoms with van der Waals surface area (Å²) in [5.41, 5.74) is 0. The van der Waals surface area contributed by atoms with Gasteiger partial charge in [0.1, 0.15) is 6.61 Å². The summed E-state index contributed by atoms with van der Waals surface area (Å²) in [6, 6.07) is 0. The van der Waals surface area contributed by atoms with E-state index in [1.165, 1.54) is 64.2 Å². The number of carbonyl (C=O) groups is 2. The summed E-state index contributed by atoms with van der Waals surface area (Å²) in [5.74, 6) is -0.974. The zero-order valence-corrected chi connectivity index (χ0v) is 34.2. The van der Waals surface area contributed by atoms with E-state index in [-0.39, 0.29) is 25.6 Å². The van der Waals surface area contributed by atoms with Crippen molar-refractivity contribution in [1.29, 1.82) is 0 Å². The number of phosphoric ester groups is 1. The summed E-state index contributed by atoms with van der Waals surface area (Å²) in [7, 11) is -4.78. The van der Waals surface area contributed by atoms with Crippen molar-refractivity contribution in [3.8, 4) is 0 Å². The van der Waals surface area contributed by atoms with Crippen LogP contribution >= 0.6 is 7.82 Å². The molecule has 0 amide bonds. The molecular formula is C43H75O9P. The van der Waals surface area contributed by atoms with Gasteiger partial charge in [-0.3, -0.25) is 14.1 Å². The average molecular weight is 767 g/mol. The van der Waals surface area contributed by atoms with Crippen LogP contribution in [-0.4, -0.2) is 52.3 Å². The Balaban J connectivity index is 4.04. The van der Waals surface area contributed by atoms with Gasteiger partial charge in [0.25, 0.3) is 0 Å². The zero-order valence-electron chi connectivity index (χ0n) is 33.3. The van der Waals surface area contributed by atoms with Crippen LogP contribution in [0.1, 0.15) is 174 Å². The van der Waals surface area contributed by atoms with E-state index >= 15 is 0 Å². The minimum Gasteiger partial charge on any atom is -0.462 e. The van der Waals surface area contributed by atoms with Crippen LogP contribution in [0.4, 0.5) is 0 Å². The minimum atomic E-state index is -4.78. The number of hydrogen-bond donors (Lipinski definition) is 3. The van der Waals surface area contributed by atoms with Gasteiger partial charge in [-0.25, -0.2) is 4.57 Å². The first-order valence-electron chi connectivity index (χ1n) is 20.6. The van der Waals surface area contributed by atoms with Crippen molar-refractivity contribution >= 4 is 19.8 Å². The highest BCUT2D eigenvalue weighted by molar-refractivity contribution is 7.46. The molecule has 9 nitrogen and oxygen atoms in total. The van der Waals surface area contributed by atoms with Crippen molar-refractivity contribution < 1.29 is 43.0 Å². The fraction of sp³-hybridized carbons (Fsp3) is 0.721. The lowest BCUT2D eigenvalue weighted by molar-refractivity contribution is -0.161. The molecule has 0 fully saturated rings. The van der Waals surface area contributed by atoms with Crippen LogP contribution in [-0.2, 0) is 28.2 Å². The van der Waals surface area contributed by atoms with E-state index in [0.29, 0.717) is 19.3 Å². The van der Waals surface area contributed by atoms with Gasteiger partial charge in [-0.2, -0.15) is 0 Å². The quantitative estimate of drug-likeness (QED) is 0.0244. The predicted molar refractivity (Wildman–Crippen MR) is 217 cm³/mol. The molecular weight excluding hydrogens is 691 g/mol. The number of unbranched alkanes of at least 4 members (excludes halogenated alkanes) is 15. The van der Waals surface area contributed by atoms with Crippen LogP contribution in [0.3, 0.4) is 0 Å². The Bertz CT molecular complexity index is 1060. The summed E-state index contributed by atoms with van der Waals surface area (Å²) >= 11 is 0. The second kappa shape index (κ2) is 38.0. The van der Waals surface area contributed by atoms with Crippen LogP contribution < -0.4 is 0 Å². The molecule has 0 saturated carbocycles. The molecule has 0 heterocycles. The lowest BCUT2D eigenvalue weighted by Gasteiger charge is -2.18. The highest BCUT2D eigenvalue weighted by atomic mass is 31.2. The maximum atomic E-state index is 12.4. The molecule has 0 aliphatic carbocycles. The third kappa shape index (κ3) is 42.3. The smallest absolute Gasteiger partial charge is 0.462 e. The van der Waals surface area contributed by atoms with Gasteiger partial charge in [0.2, 0.25) is 0 Å². The third-order valence-corrected chi connectivity index (χ3v) is 9.01. The molecule has 0 aromatic heterocycles. The first-order valence-corrected chi connectivity index (χ1v) is 22.1. The van der Waals surface area contributed by atoms with Gasteiger partial charge < -0.3 is 24.4 Å². The monoisotopic (exact) mass is 767 g/mol. The van der Waals surface area contributed by atoms with Crippen molar-refractivity contribution in [2.75, 3.05) is 13.2 Å². The maximum Gasteiger partial charge on any atom is 0.469 e. The number of rotatable bonds is 37. The number of aliphatic hydroxyl groups excluding tert-OH is 1. The predicted octanol–water partition coefficient (Wildman–Crippen LogP) is 11.5. The number of esters is 2. The van der Waals surface area contributed by atoms with Crippen LogP contribution in [0, 0.1) is 0 Å². The van der Waals surface area contributed by atoms with E-state index in [2.05, 4.69) is 60.1 Å². The number of aliphatic hydroxyl groups is 1. The molecule has 0 bridgehead atoms. The molecule has 0 aromatic carbocycles. The Morgan fingerprint density at radius 3 is 1.53 bits per heavy atom. The third-order valence-electron chi connectivity index (χ3n) is 8.53. The van der Waals surface area contributed by atoms with Crippen molar-refractivity contribution in [3.05, 3.63) is 60.8 Å². The molecule has 0 aromatic rings. The van der Waals surface area contributed by atoms with Crippen LogP contribution in [0.25, 0.3) is 0 Å². The fourth-order valence-electron chi connectivity index (χ4n) is 5.44. The summed E-state index contributed by atoms with van der Waals surface area (Å²) in [5, 5.41) is 9.25. The van der Waals surface area contributed by atoms with Gasteiger partial charge in [-0.05, 0) is 90.4 Å². The lowest BCUT2D eigenvalue weighted by atomic mass is 10.1. The van der Waals surface area contributed by atoms with Gasteiger partial charge in [0.15, 0.2) is 6.10 Å². The second-order valence-electron chi connectivity index (χ2n) is 13.9. The summed E-state index contributed by atoms with van der Waals surface area (Å²) in [4.78, 5) is 42.8. The topological polar surface area (TPSA) is 140 Å². The standard InChI is InChI=1S/C43H75O9P/c1-3-4-5-6-7-8-9-10-11-12-15-18-21-24-27-30-33-36-42(45)50-38-41(39-51-53(47,48)49)52-43(46)37-34-31-28-25-22-19-16-13-14-17-20-23-26-29-32-35-40(2)44/h10-11,14,16-17,19,23,25-26,28,40-41,44H,3-9,12-13,15,18,20-22,24,27,29-39H2,1-2H3,(H2,47,48,49)/b11-10-,17-14-,19-16-,26-23-,28-25-/t40-,41+/m0/s1. The van der Waals surface area contributed by atoms with E-state index in [0.717, 1.165) is 64.2 Å². The van der Waals surface area contributed by atoms with Gasteiger partial charge in [0, 0.05) is 12.8 Å². The molecule has 2 atom stereocenters. The van der Waals surface area contributed by atoms with Crippen molar-refractivity contribution in [3.63, 3.8) is 0 Å². The first-order chi connectivity index (χ1) is 25.6. The molecule has 0 rings (SSSR count). The Kier molecular flexibility index (Phi) is 36.4. The molecule has 53 heavy (non-hydrogen) atoms. The molecule has 0 aliphatic heterocycles. The van der Waals surface area contributed by atoms with E-state index in [1.807, 2.05) is 19.1 Å². The van der Waals surface area contributed by atoms with Gasteiger partial charge >= 0.3 is 19.8 Å². The van der Waals surface area contributed by atoms with Crippen LogP contribution in [0.5, 0.6) is 0 Å². The first kappa shape index (κ1) is 50.7. The molecule has 306 valence electrons. The summed E-state index contributed by atoms with van der Waals surface area (Å²) < 4.78 is 26.3. The van der Waals surface area contributed by atoms with E-state index in [4.69, 9.17) is 19.3 Å². The highest BCUT2D eigenvalue weighted by Gasteiger charge is 2.22. The van der Waals surface area contributed by atoms with E-state index in [1.54, 1.807) is 0 Å². The average Bonchev–Trinajstić information content (AvgIpc) is 3.11. The maximum absolute atomic E-state index is 12.4. The Morgan fingerprint density at radius 2 is 1.00 bits per heavy atom. The van der Waals surface area contributed by atoms with Crippen LogP contribution in [0.2, 0.25) is 0 Å². The second-order valence-corrected chi connectivity index (χ2v) is 15.1. The fourth-order valence-corrected chi connectivity index (χ4v) is 5.80. The zero-order chi connectivity index (χ0) is 39.1. The van der Waals surface area contributed by atoms with Crippen molar-refractivity contribution in [2.45, 2.75) is 187 Å². The molecule has 0 radical (unpaired) electrons.